The van der Waals surface area contributed by atoms with Gasteiger partial charge in [0.25, 0.3) is 15.9 Å². The van der Waals surface area contributed by atoms with Crippen LogP contribution in [0.25, 0.3) is 6.08 Å². The fraction of sp³-hybridized carbons (Fsp3) is 0.375. The van der Waals surface area contributed by atoms with Crippen molar-refractivity contribution in [3.63, 3.8) is 0 Å². The Labute approximate surface area is 201 Å². The zero-order valence-corrected chi connectivity index (χ0v) is 19.9. The number of fused-ring (bicyclic) bond motifs is 3. The van der Waals surface area contributed by atoms with E-state index in [4.69, 9.17) is 4.74 Å². The molecule has 4 rings (SSSR count). The lowest BCUT2D eigenvalue weighted by atomic mass is 10.0. The summed E-state index contributed by atoms with van der Waals surface area (Å²) >= 11 is 0. The van der Waals surface area contributed by atoms with Gasteiger partial charge in [-0.25, -0.2) is 26.4 Å². The summed E-state index contributed by atoms with van der Waals surface area (Å²) < 4.78 is 76.0. The number of carboxylic acids is 1. The van der Waals surface area contributed by atoms with E-state index in [0.29, 0.717) is 6.54 Å². The number of sulfonamides is 1. The molecule has 2 aliphatic rings. The van der Waals surface area contributed by atoms with Gasteiger partial charge in [0.05, 0.1) is 29.0 Å². The summed E-state index contributed by atoms with van der Waals surface area (Å²) in [5.41, 5.74) is -0.765. The Morgan fingerprint density at radius 2 is 1.97 bits per heavy atom. The van der Waals surface area contributed by atoms with Gasteiger partial charge in [-0.3, -0.25) is 4.72 Å². The number of anilines is 1. The molecule has 0 bridgehead atoms. The highest BCUT2D eigenvalue weighted by molar-refractivity contribution is 7.92. The minimum absolute atomic E-state index is 0.0356. The summed E-state index contributed by atoms with van der Waals surface area (Å²) in [4.78, 5) is 13.8. The number of alkyl halides is 2. The average molecular weight is 511 g/mol. The maximum Gasteiger partial charge on any atom is 0.341 e. The molecule has 1 aliphatic heterocycles. The first-order valence-corrected chi connectivity index (χ1v) is 12.6. The highest BCUT2D eigenvalue weighted by atomic mass is 32.2. The number of nitrogens with zero attached hydrogens (tertiary/aromatic N) is 1. The predicted octanol–water partition coefficient (Wildman–Crippen LogP) is 4.42. The lowest BCUT2D eigenvalue weighted by Gasteiger charge is -2.20. The highest BCUT2D eigenvalue weighted by Crippen LogP contribution is 2.65. The van der Waals surface area contributed by atoms with Crippen LogP contribution in [0.1, 0.15) is 41.3 Å². The Kier molecular flexibility index (Phi) is 6.58. The topological polar surface area (TPSA) is 95.9 Å². The summed E-state index contributed by atoms with van der Waals surface area (Å²) in [6.45, 7) is 5.68. The number of carbonyl (C=O) groups is 1. The van der Waals surface area contributed by atoms with E-state index in [1.54, 1.807) is 6.08 Å². The minimum atomic E-state index is -4.38. The van der Waals surface area contributed by atoms with Crippen LogP contribution in [0.2, 0.25) is 0 Å². The number of hydrogen-bond acceptors (Lipinski definition) is 5. The van der Waals surface area contributed by atoms with Gasteiger partial charge in [0.1, 0.15) is 17.1 Å². The normalized spacial score (nSPS) is 20.3. The number of likely N-dealkylation sites (N-methyl/N-ethyl adjacent to an activating group) is 1. The zero-order chi connectivity index (χ0) is 25.5. The fourth-order valence-corrected chi connectivity index (χ4v) is 5.65. The lowest BCUT2D eigenvalue weighted by Crippen LogP contribution is -2.22. The lowest BCUT2D eigenvalue weighted by molar-refractivity contribution is 0.0691. The molecule has 35 heavy (non-hydrogen) atoms. The third-order valence-corrected chi connectivity index (χ3v) is 7.85. The molecule has 0 saturated heterocycles. The van der Waals surface area contributed by atoms with Crippen LogP contribution in [-0.4, -0.2) is 56.6 Å². The summed E-state index contributed by atoms with van der Waals surface area (Å²) in [5, 5.41) is 9.76. The number of carboxylic acid groups (broad SMARTS) is 1. The second-order valence-electron chi connectivity index (χ2n) is 8.46. The van der Waals surface area contributed by atoms with Crippen LogP contribution < -0.4 is 9.46 Å². The van der Waals surface area contributed by atoms with E-state index in [1.807, 2.05) is 13.8 Å². The Bertz CT molecular complexity index is 1290. The molecule has 11 heteroatoms. The summed E-state index contributed by atoms with van der Waals surface area (Å²) in [6.07, 6.45) is 3.20. The second-order valence-corrected chi connectivity index (χ2v) is 10.1. The molecule has 0 radical (unpaired) electrons. The third kappa shape index (κ3) is 4.62. The van der Waals surface area contributed by atoms with E-state index in [1.165, 1.54) is 12.1 Å². The van der Waals surface area contributed by atoms with Gasteiger partial charge in [-0.05, 0) is 42.9 Å². The first-order valence-electron chi connectivity index (χ1n) is 11.1. The van der Waals surface area contributed by atoms with Gasteiger partial charge in [-0.1, -0.05) is 32.1 Å². The van der Waals surface area contributed by atoms with Crippen molar-refractivity contribution in [2.24, 2.45) is 5.92 Å². The second kappa shape index (κ2) is 9.19. The molecule has 7 nitrogen and oxygen atoms in total. The monoisotopic (exact) mass is 510 g/mol. The molecule has 0 unspecified atom stereocenters. The molecular formula is C24H25F3N2O5S. The standard InChI is InChI=1S/C24H25F3N2O5S/c1-3-29(4-2)11-5-6-14-12-15(25)7-10-19(14)35(32,33)28-18-9-8-16-21-17(24(21,26)27)13-34-22(16)20(18)23(30)31/h5-10,12,17,21,28H,3-4,11,13H2,1-2H3,(H,30,31)/b6-5-/t17-,21+/m0/s1. The van der Waals surface area contributed by atoms with Crippen LogP contribution in [0.15, 0.2) is 41.3 Å². The SMILES string of the molecule is CCN(CC)C/C=C\c1cc(F)ccc1S(=O)(=O)Nc1ccc2c(c1C(=O)O)OC[C@H]1[C@@H]2C1(F)F. The maximum atomic E-state index is 14.0. The average Bonchev–Trinajstić information content (AvgIpc) is 3.37. The van der Waals surface area contributed by atoms with E-state index >= 15 is 0 Å². The molecule has 1 heterocycles. The van der Waals surface area contributed by atoms with Crippen molar-refractivity contribution in [1.29, 1.82) is 0 Å². The molecule has 1 aliphatic carbocycles. The minimum Gasteiger partial charge on any atom is -0.492 e. The highest BCUT2D eigenvalue weighted by Gasteiger charge is 2.71. The van der Waals surface area contributed by atoms with Crippen molar-refractivity contribution < 1.29 is 36.2 Å². The van der Waals surface area contributed by atoms with E-state index in [-0.39, 0.29) is 34.1 Å². The van der Waals surface area contributed by atoms with Gasteiger partial charge in [0.2, 0.25) is 0 Å². The van der Waals surface area contributed by atoms with Crippen molar-refractivity contribution >= 4 is 27.8 Å². The van der Waals surface area contributed by atoms with Gasteiger partial charge in [-0.2, -0.15) is 0 Å². The molecule has 0 amide bonds. The fourth-order valence-electron chi connectivity index (χ4n) is 4.40. The molecule has 2 aromatic rings. The van der Waals surface area contributed by atoms with Gasteiger partial charge >= 0.3 is 5.97 Å². The third-order valence-electron chi connectivity index (χ3n) is 6.41. The molecule has 2 aromatic carbocycles. The molecule has 188 valence electrons. The van der Waals surface area contributed by atoms with Crippen molar-refractivity contribution in [2.75, 3.05) is 31.0 Å². The molecule has 2 N–H and O–H groups in total. The molecule has 0 spiro atoms. The summed E-state index contributed by atoms with van der Waals surface area (Å²) in [5.74, 6) is -7.61. The largest absolute Gasteiger partial charge is 0.492 e. The van der Waals surface area contributed by atoms with Crippen LogP contribution in [0.3, 0.4) is 0 Å². The zero-order valence-electron chi connectivity index (χ0n) is 19.1. The number of rotatable bonds is 9. The van der Waals surface area contributed by atoms with Gasteiger partial charge in [0, 0.05) is 12.1 Å². The summed E-state index contributed by atoms with van der Waals surface area (Å²) in [6, 6.07) is 5.53. The van der Waals surface area contributed by atoms with Crippen molar-refractivity contribution in [1.82, 2.24) is 4.90 Å². The molecular weight excluding hydrogens is 485 g/mol. The number of ether oxygens (including phenoxy) is 1. The smallest absolute Gasteiger partial charge is 0.341 e. The Morgan fingerprint density at radius 3 is 2.63 bits per heavy atom. The first-order chi connectivity index (χ1) is 16.5. The number of halogens is 3. The summed E-state index contributed by atoms with van der Waals surface area (Å²) in [7, 11) is -4.38. The van der Waals surface area contributed by atoms with Gasteiger partial charge in [-0.15, -0.1) is 0 Å². The van der Waals surface area contributed by atoms with Crippen molar-refractivity contribution in [3.05, 3.63) is 58.9 Å². The Balaban J connectivity index is 1.69. The van der Waals surface area contributed by atoms with Gasteiger partial charge in [0.15, 0.2) is 0 Å². The van der Waals surface area contributed by atoms with Gasteiger partial charge < -0.3 is 14.7 Å². The molecule has 0 aromatic heterocycles. The van der Waals surface area contributed by atoms with Crippen molar-refractivity contribution in [3.8, 4) is 5.75 Å². The van der Waals surface area contributed by atoms with Crippen LogP contribution >= 0.6 is 0 Å². The Morgan fingerprint density at radius 1 is 1.26 bits per heavy atom. The molecule has 2 atom stereocenters. The van der Waals surface area contributed by atoms with Crippen LogP contribution in [0.4, 0.5) is 18.9 Å². The number of benzene rings is 2. The number of nitrogens with one attached hydrogen (secondary N) is 1. The molecule has 1 saturated carbocycles. The van der Waals surface area contributed by atoms with E-state index < -0.39 is 45.1 Å². The quantitative estimate of drug-likeness (QED) is 0.519. The van der Waals surface area contributed by atoms with E-state index in [2.05, 4.69) is 9.62 Å². The number of hydrogen-bond donors (Lipinski definition) is 2. The van der Waals surface area contributed by atoms with Crippen LogP contribution in [0.5, 0.6) is 5.75 Å². The molecule has 1 fully saturated rings. The maximum absolute atomic E-state index is 14.0. The Hall–Kier alpha value is -3.05. The number of aromatic carboxylic acids is 1. The van der Waals surface area contributed by atoms with Crippen LogP contribution in [-0.2, 0) is 10.0 Å². The van der Waals surface area contributed by atoms with E-state index in [0.717, 1.165) is 37.4 Å². The van der Waals surface area contributed by atoms with Crippen molar-refractivity contribution in [2.45, 2.75) is 30.6 Å². The van der Waals surface area contributed by atoms with Crippen LogP contribution in [0, 0.1) is 11.7 Å². The predicted molar refractivity (Wildman–Crippen MR) is 124 cm³/mol. The first kappa shape index (κ1) is 25.1. The van der Waals surface area contributed by atoms with E-state index in [9.17, 15) is 31.5 Å².